The predicted octanol–water partition coefficient (Wildman–Crippen LogP) is 3.34. The number of benzene rings is 2. The summed E-state index contributed by atoms with van der Waals surface area (Å²) in [6.45, 7) is 1.37. The largest absolute Gasteiger partial charge is 0.473 e. The summed E-state index contributed by atoms with van der Waals surface area (Å²) in [5.41, 5.74) is 0.168. The molecule has 1 aliphatic heterocycles. The van der Waals surface area contributed by atoms with Crippen molar-refractivity contribution in [2.45, 2.75) is 13.2 Å². The second kappa shape index (κ2) is 7.30. The van der Waals surface area contributed by atoms with Gasteiger partial charge in [-0.15, -0.1) is 0 Å². The van der Waals surface area contributed by atoms with E-state index in [0.717, 1.165) is 12.4 Å². The minimum atomic E-state index is -0.605. The lowest BCUT2D eigenvalue weighted by atomic mass is 10.2. The second-order valence-corrected chi connectivity index (χ2v) is 6.42. The van der Waals surface area contributed by atoms with E-state index in [1.807, 2.05) is 11.9 Å². The highest BCUT2D eigenvalue weighted by Crippen LogP contribution is 2.26. The SMILES string of the molecule is CN1CCn2c1cc(OCc1ccc(Oc3cccc(F)c3)c(F)c1)nc2=O. The van der Waals surface area contributed by atoms with Gasteiger partial charge in [-0.05, 0) is 29.8 Å². The maximum Gasteiger partial charge on any atom is 0.352 e. The molecule has 0 N–H and O–H groups in total. The van der Waals surface area contributed by atoms with Gasteiger partial charge < -0.3 is 14.4 Å². The molecule has 0 amide bonds. The van der Waals surface area contributed by atoms with Gasteiger partial charge in [-0.25, -0.2) is 13.6 Å². The molecule has 0 bridgehead atoms. The van der Waals surface area contributed by atoms with Crippen molar-refractivity contribution in [3.8, 4) is 17.4 Å². The third kappa shape index (κ3) is 3.66. The third-order valence-corrected chi connectivity index (χ3v) is 4.42. The number of fused-ring (bicyclic) bond motifs is 1. The molecule has 0 fully saturated rings. The second-order valence-electron chi connectivity index (χ2n) is 6.42. The first kappa shape index (κ1) is 18.0. The lowest BCUT2D eigenvalue weighted by Gasteiger charge is -2.12. The fourth-order valence-electron chi connectivity index (χ4n) is 2.97. The minimum Gasteiger partial charge on any atom is -0.473 e. The van der Waals surface area contributed by atoms with Crippen molar-refractivity contribution in [3.63, 3.8) is 0 Å². The molecule has 0 aliphatic carbocycles. The molecule has 2 aromatic carbocycles. The number of likely N-dealkylation sites (N-methyl/N-ethyl adjacent to an activating group) is 1. The van der Waals surface area contributed by atoms with E-state index >= 15 is 0 Å². The Morgan fingerprint density at radius 1 is 1.11 bits per heavy atom. The van der Waals surface area contributed by atoms with E-state index < -0.39 is 11.6 Å². The Balaban J connectivity index is 1.46. The average molecular weight is 385 g/mol. The minimum absolute atomic E-state index is 0.0233. The Morgan fingerprint density at radius 2 is 1.96 bits per heavy atom. The Labute approximate surface area is 159 Å². The van der Waals surface area contributed by atoms with E-state index in [9.17, 15) is 13.6 Å². The number of hydrogen-bond acceptors (Lipinski definition) is 5. The van der Waals surface area contributed by atoms with E-state index in [-0.39, 0.29) is 29.7 Å². The molecular formula is C20H17F2N3O3. The van der Waals surface area contributed by atoms with Gasteiger partial charge in [-0.2, -0.15) is 4.98 Å². The van der Waals surface area contributed by atoms with Gasteiger partial charge in [0.25, 0.3) is 0 Å². The van der Waals surface area contributed by atoms with Crippen molar-refractivity contribution < 1.29 is 18.3 Å². The summed E-state index contributed by atoms with van der Waals surface area (Å²) in [4.78, 5) is 17.9. The number of halogens is 2. The van der Waals surface area contributed by atoms with Crippen LogP contribution in [0.15, 0.2) is 53.3 Å². The zero-order valence-electron chi connectivity index (χ0n) is 15.1. The summed E-state index contributed by atoms with van der Waals surface area (Å²) >= 11 is 0. The first-order valence-corrected chi connectivity index (χ1v) is 8.67. The monoisotopic (exact) mass is 385 g/mol. The van der Waals surface area contributed by atoms with Crippen LogP contribution in [0.5, 0.6) is 17.4 Å². The summed E-state index contributed by atoms with van der Waals surface area (Å²) in [7, 11) is 1.88. The number of hydrogen-bond donors (Lipinski definition) is 0. The van der Waals surface area contributed by atoms with Crippen molar-refractivity contribution in [3.05, 3.63) is 76.2 Å². The number of ether oxygens (including phenoxy) is 2. The molecule has 0 saturated heterocycles. The lowest BCUT2D eigenvalue weighted by Crippen LogP contribution is -2.22. The van der Waals surface area contributed by atoms with Crippen LogP contribution >= 0.6 is 0 Å². The smallest absolute Gasteiger partial charge is 0.352 e. The van der Waals surface area contributed by atoms with Gasteiger partial charge in [0.15, 0.2) is 11.6 Å². The topological polar surface area (TPSA) is 56.6 Å². The molecule has 4 rings (SSSR count). The van der Waals surface area contributed by atoms with Crippen molar-refractivity contribution in [1.29, 1.82) is 0 Å². The van der Waals surface area contributed by atoms with Crippen LogP contribution in [0.25, 0.3) is 0 Å². The highest BCUT2D eigenvalue weighted by molar-refractivity contribution is 5.44. The van der Waals surface area contributed by atoms with Crippen LogP contribution < -0.4 is 20.1 Å². The number of aromatic nitrogens is 2. The molecule has 144 valence electrons. The summed E-state index contributed by atoms with van der Waals surface area (Å²) < 4.78 is 40.0. The molecule has 6 nitrogen and oxygen atoms in total. The molecule has 0 spiro atoms. The van der Waals surface area contributed by atoms with E-state index in [1.54, 1.807) is 16.7 Å². The van der Waals surface area contributed by atoms with Crippen molar-refractivity contribution >= 4 is 5.82 Å². The van der Waals surface area contributed by atoms with Crippen LogP contribution in [0.1, 0.15) is 5.56 Å². The van der Waals surface area contributed by atoms with E-state index in [4.69, 9.17) is 9.47 Å². The molecule has 3 aromatic rings. The summed E-state index contributed by atoms with van der Waals surface area (Å²) in [6.07, 6.45) is 0. The van der Waals surface area contributed by atoms with E-state index in [2.05, 4.69) is 4.98 Å². The quantitative estimate of drug-likeness (QED) is 0.674. The molecule has 28 heavy (non-hydrogen) atoms. The zero-order chi connectivity index (χ0) is 19.7. The summed E-state index contributed by atoms with van der Waals surface area (Å²) in [6, 6.07) is 11.5. The van der Waals surface area contributed by atoms with Crippen LogP contribution in [0.3, 0.4) is 0 Å². The van der Waals surface area contributed by atoms with Crippen LogP contribution in [0, 0.1) is 11.6 Å². The average Bonchev–Trinajstić information content (AvgIpc) is 3.04. The van der Waals surface area contributed by atoms with Crippen molar-refractivity contribution in [2.24, 2.45) is 0 Å². The van der Waals surface area contributed by atoms with Crippen LogP contribution in [0.4, 0.5) is 14.6 Å². The van der Waals surface area contributed by atoms with Crippen molar-refractivity contribution in [2.75, 3.05) is 18.5 Å². The number of nitrogens with zero attached hydrogens (tertiary/aromatic N) is 3. The van der Waals surface area contributed by atoms with Gasteiger partial charge in [0.1, 0.15) is 24.0 Å². The Hall–Kier alpha value is -3.42. The molecule has 1 aromatic heterocycles. The van der Waals surface area contributed by atoms with Gasteiger partial charge >= 0.3 is 5.69 Å². The number of anilines is 1. The van der Waals surface area contributed by atoms with Crippen LogP contribution in [0.2, 0.25) is 0 Å². The highest BCUT2D eigenvalue weighted by Gasteiger charge is 2.19. The Bertz CT molecular complexity index is 1080. The lowest BCUT2D eigenvalue weighted by molar-refractivity contribution is 0.290. The van der Waals surface area contributed by atoms with Crippen molar-refractivity contribution in [1.82, 2.24) is 9.55 Å². The van der Waals surface area contributed by atoms with Crippen LogP contribution in [-0.4, -0.2) is 23.1 Å². The Kier molecular flexibility index (Phi) is 4.68. The maximum absolute atomic E-state index is 14.3. The molecule has 8 heteroatoms. The highest BCUT2D eigenvalue weighted by atomic mass is 19.1. The van der Waals surface area contributed by atoms with Gasteiger partial charge in [-0.1, -0.05) is 12.1 Å². The molecule has 0 unspecified atom stereocenters. The Morgan fingerprint density at radius 3 is 2.75 bits per heavy atom. The summed E-state index contributed by atoms with van der Waals surface area (Å²) in [5, 5.41) is 0. The molecule has 2 heterocycles. The zero-order valence-corrected chi connectivity index (χ0v) is 15.1. The molecule has 0 radical (unpaired) electrons. The van der Waals surface area contributed by atoms with E-state index in [0.29, 0.717) is 12.1 Å². The molecule has 0 atom stereocenters. The van der Waals surface area contributed by atoms with Crippen LogP contribution in [-0.2, 0) is 13.2 Å². The molecule has 1 aliphatic rings. The fourth-order valence-corrected chi connectivity index (χ4v) is 2.97. The first-order valence-electron chi connectivity index (χ1n) is 8.67. The standard InChI is InChI=1S/C20H17F2N3O3/c1-24-7-8-25-19(24)11-18(23-20(25)26)27-12-13-5-6-17(16(22)9-13)28-15-4-2-3-14(21)10-15/h2-6,9-11H,7-8,12H2,1H3. The molecule has 0 saturated carbocycles. The molecular weight excluding hydrogens is 368 g/mol. The summed E-state index contributed by atoms with van der Waals surface area (Å²) in [5.74, 6) is 0.0311. The van der Waals surface area contributed by atoms with Gasteiger partial charge in [0.2, 0.25) is 5.88 Å². The van der Waals surface area contributed by atoms with Gasteiger partial charge in [-0.3, -0.25) is 4.57 Å². The third-order valence-electron chi connectivity index (χ3n) is 4.42. The maximum atomic E-state index is 14.3. The number of rotatable bonds is 5. The van der Waals surface area contributed by atoms with Gasteiger partial charge in [0.05, 0.1) is 0 Å². The first-order chi connectivity index (χ1) is 13.5. The van der Waals surface area contributed by atoms with E-state index in [1.165, 1.54) is 36.4 Å². The predicted molar refractivity (Wildman–Crippen MR) is 99.0 cm³/mol. The normalized spacial score (nSPS) is 12.8. The van der Waals surface area contributed by atoms with Gasteiger partial charge in [0, 0.05) is 32.3 Å². The fraction of sp³-hybridized carbons (Fsp3) is 0.200.